The van der Waals surface area contributed by atoms with Crippen LogP contribution in [-0.2, 0) is 0 Å². The zero-order chi connectivity index (χ0) is 12.4. The molecule has 0 aliphatic rings. The third-order valence-corrected chi connectivity index (χ3v) is 3.26. The second kappa shape index (κ2) is 4.50. The van der Waals surface area contributed by atoms with Gasteiger partial charge in [0, 0.05) is 5.56 Å². The Balaban J connectivity index is 2.37. The van der Waals surface area contributed by atoms with E-state index in [9.17, 15) is 0 Å². The Kier molecular flexibility index (Phi) is 3.06. The maximum Gasteiger partial charge on any atom is 0.235 e. The number of rotatable bonds is 2. The van der Waals surface area contributed by atoms with E-state index in [1.807, 2.05) is 6.07 Å². The number of aromatic nitrogens is 2. The summed E-state index contributed by atoms with van der Waals surface area (Å²) in [5, 5.41) is 9.25. The van der Waals surface area contributed by atoms with Gasteiger partial charge >= 0.3 is 0 Å². The first-order valence-electron chi connectivity index (χ1n) is 5.07. The van der Waals surface area contributed by atoms with Gasteiger partial charge in [-0.25, -0.2) is 0 Å². The maximum absolute atomic E-state index is 5.28. The van der Waals surface area contributed by atoms with Crippen molar-refractivity contribution in [3.8, 4) is 10.6 Å². The van der Waals surface area contributed by atoms with E-state index in [4.69, 9.17) is 11.5 Å². The van der Waals surface area contributed by atoms with E-state index in [-0.39, 0.29) is 5.96 Å². The Labute approximate surface area is 103 Å². The van der Waals surface area contributed by atoms with Gasteiger partial charge in [-0.3, -0.25) is 0 Å². The molecule has 5 nitrogen and oxygen atoms in total. The zero-order valence-corrected chi connectivity index (χ0v) is 10.5. The van der Waals surface area contributed by atoms with E-state index in [1.54, 1.807) is 0 Å². The fourth-order valence-corrected chi connectivity index (χ4v) is 2.09. The summed E-state index contributed by atoms with van der Waals surface area (Å²) in [6.07, 6.45) is 0. The molecule has 0 saturated carbocycles. The Morgan fingerprint density at radius 1 is 1.18 bits per heavy atom. The molecule has 0 radical (unpaired) electrons. The summed E-state index contributed by atoms with van der Waals surface area (Å²) in [5.74, 6) is -0.00668. The second-order valence-corrected chi connectivity index (χ2v) is 4.68. The molecule has 0 unspecified atom stereocenters. The van der Waals surface area contributed by atoms with Gasteiger partial charge in [-0.05, 0) is 31.0 Å². The third-order valence-electron chi connectivity index (χ3n) is 2.39. The number of nitrogens with two attached hydrogens (primary N) is 2. The molecule has 0 atom stereocenters. The first kappa shape index (κ1) is 11.5. The lowest BCUT2D eigenvalue weighted by Gasteiger charge is -2.01. The Hall–Kier alpha value is -1.95. The lowest BCUT2D eigenvalue weighted by molar-refractivity contribution is 1.08. The molecule has 0 spiro atoms. The van der Waals surface area contributed by atoms with Crippen LogP contribution in [0.3, 0.4) is 0 Å². The Morgan fingerprint density at radius 3 is 2.59 bits per heavy atom. The monoisotopic (exact) mass is 247 g/mol. The normalized spacial score (nSPS) is 10.2. The van der Waals surface area contributed by atoms with Crippen LogP contribution in [0, 0.1) is 13.8 Å². The quantitative estimate of drug-likeness (QED) is 0.624. The van der Waals surface area contributed by atoms with Crippen LogP contribution in [0.1, 0.15) is 11.1 Å². The number of hydrogen-bond acceptors (Lipinski definition) is 4. The van der Waals surface area contributed by atoms with Crippen molar-refractivity contribution in [3.05, 3.63) is 29.3 Å². The van der Waals surface area contributed by atoms with E-state index >= 15 is 0 Å². The van der Waals surface area contributed by atoms with Gasteiger partial charge in [0.2, 0.25) is 5.13 Å². The number of hydrogen-bond donors (Lipinski definition) is 2. The summed E-state index contributed by atoms with van der Waals surface area (Å²) in [6.45, 7) is 4.14. The highest BCUT2D eigenvalue weighted by Crippen LogP contribution is 2.28. The lowest BCUT2D eigenvalue weighted by Crippen LogP contribution is -2.21. The van der Waals surface area contributed by atoms with E-state index in [0.29, 0.717) is 5.13 Å². The van der Waals surface area contributed by atoms with Gasteiger partial charge in [-0.1, -0.05) is 23.5 Å². The highest BCUT2D eigenvalue weighted by atomic mass is 32.1. The number of guanidine groups is 1. The van der Waals surface area contributed by atoms with Crippen LogP contribution in [0.5, 0.6) is 0 Å². The van der Waals surface area contributed by atoms with Crippen LogP contribution in [0.2, 0.25) is 0 Å². The van der Waals surface area contributed by atoms with E-state index < -0.39 is 0 Å². The second-order valence-electron chi connectivity index (χ2n) is 3.73. The lowest BCUT2D eigenvalue weighted by atomic mass is 10.1. The van der Waals surface area contributed by atoms with Crippen LogP contribution in [0.4, 0.5) is 5.13 Å². The Morgan fingerprint density at radius 2 is 1.94 bits per heavy atom. The van der Waals surface area contributed by atoms with Gasteiger partial charge in [0.25, 0.3) is 0 Å². The molecule has 0 bridgehead atoms. The Bertz CT molecular complexity index is 569. The van der Waals surface area contributed by atoms with Crippen LogP contribution in [-0.4, -0.2) is 16.2 Å². The minimum absolute atomic E-state index is 0.00668. The van der Waals surface area contributed by atoms with Gasteiger partial charge in [0.05, 0.1) is 0 Å². The number of benzene rings is 1. The topological polar surface area (TPSA) is 90.2 Å². The summed E-state index contributed by atoms with van der Waals surface area (Å²) in [6, 6.07) is 6.16. The molecular weight excluding hydrogens is 234 g/mol. The summed E-state index contributed by atoms with van der Waals surface area (Å²) < 4.78 is 0. The van der Waals surface area contributed by atoms with Crippen LogP contribution in [0.25, 0.3) is 10.6 Å². The molecule has 2 rings (SSSR count). The number of nitrogens with zero attached hydrogens (tertiary/aromatic N) is 3. The molecule has 0 aliphatic carbocycles. The van der Waals surface area contributed by atoms with Gasteiger partial charge in [-0.2, -0.15) is 4.99 Å². The van der Waals surface area contributed by atoms with Crippen LogP contribution < -0.4 is 11.5 Å². The molecular formula is C11H13N5S. The molecule has 0 saturated heterocycles. The van der Waals surface area contributed by atoms with Crippen molar-refractivity contribution >= 4 is 22.4 Å². The van der Waals surface area contributed by atoms with Crippen molar-refractivity contribution in [1.82, 2.24) is 10.2 Å². The molecule has 17 heavy (non-hydrogen) atoms. The predicted molar refractivity (Wildman–Crippen MR) is 70.3 cm³/mol. The molecule has 0 aliphatic heterocycles. The van der Waals surface area contributed by atoms with Crippen molar-refractivity contribution < 1.29 is 0 Å². The molecule has 4 N–H and O–H groups in total. The zero-order valence-electron chi connectivity index (χ0n) is 9.64. The fourth-order valence-electron chi connectivity index (χ4n) is 1.36. The van der Waals surface area contributed by atoms with Gasteiger partial charge in [0.15, 0.2) is 5.96 Å². The van der Waals surface area contributed by atoms with Crippen LogP contribution >= 0.6 is 11.3 Å². The first-order valence-corrected chi connectivity index (χ1v) is 5.88. The summed E-state index contributed by atoms with van der Waals surface area (Å²) in [7, 11) is 0. The molecule has 0 amide bonds. The minimum atomic E-state index is -0.00668. The van der Waals surface area contributed by atoms with Gasteiger partial charge in [0.1, 0.15) is 5.01 Å². The van der Waals surface area contributed by atoms with Crippen molar-refractivity contribution in [3.63, 3.8) is 0 Å². The van der Waals surface area contributed by atoms with Crippen LogP contribution in [0.15, 0.2) is 23.2 Å². The third kappa shape index (κ3) is 2.59. The van der Waals surface area contributed by atoms with Gasteiger partial charge in [-0.15, -0.1) is 10.2 Å². The highest BCUT2D eigenvalue weighted by molar-refractivity contribution is 7.18. The summed E-state index contributed by atoms with van der Waals surface area (Å²) >= 11 is 1.36. The standard InChI is InChI=1S/C11H13N5S/c1-6-3-4-8(5-7(6)2)9-15-16-11(17-9)14-10(12)13/h3-5H,1-2H3,(H4,12,13,14,16). The highest BCUT2D eigenvalue weighted by Gasteiger charge is 2.06. The summed E-state index contributed by atoms with van der Waals surface area (Å²) in [5.41, 5.74) is 14.1. The number of aryl methyl sites for hydroxylation is 2. The largest absolute Gasteiger partial charge is 0.370 e. The molecule has 1 aromatic carbocycles. The van der Waals surface area contributed by atoms with E-state index in [1.165, 1.54) is 22.5 Å². The van der Waals surface area contributed by atoms with Crippen molar-refractivity contribution in [2.24, 2.45) is 16.5 Å². The summed E-state index contributed by atoms with van der Waals surface area (Å²) in [4.78, 5) is 3.86. The average molecular weight is 247 g/mol. The maximum atomic E-state index is 5.28. The van der Waals surface area contributed by atoms with Crippen molar-refractivity contribution in [2.75, 3.05) is 0 Å². The van der Waals surface area contributed by atoms with Crippen molar-refractivity contribution in [2.45, 2.75) is 13.8 Å². The smallest absolute Gasteiger partial charge is 0.235 e. The average Bonchev–Trinajstić information content (AvgIpc) is 2.69. The SMILES string of the molecule is Cc1ccc(-c2nnc(N=C(N)N)s2)cc1C. The fraction of sp³-hybridized carbons (Fsp3) is 0.182. The van der Waals surface area contributed by atoms with E-state index in [2.05, 4.69) is 41.2 Å². The molecule has 1 aromatic heterocycles. The number of aliphatic imine (C=N–C) groups is 1. The predicted octanol–water partition coefficient (Wildman–Crippen LogP) is 1.73. The molecule has 1 heterocycles. The van der Waals surface area contributed by atoms with Crippen molar-refractivity contribution in [1.29, 1.82) is 0 Å². The minimum Gasteiger partial charge on any atom is -0.370 e. The van der Waals surface area contributed by atoms with Gasteiger partial charge < -0.3 is 11.5 Å². The molecule has 0 fully saturated rings. The molecule has 88 valence electrons. The van der Waals surface area contributed by atoms with E-state index in [0.717, 1.165) is 10.6 Å². The molecule has 6 heteroatoms. The first-order chi connectivity index (χ1) is 8.06. The molecule has 2 aromatic rings.